The van der Waals surface area contributed by atoms with E-state index in [9.17, 15) is 14.4 Å². The second kappa shape index (κ2) is 8.57. The fourth-order valence-electron chi connectivity index (χ4n) is 4.78. The molecule has 2 unspecified atom stereocenters. The first-order chi connectivity index (χ1) is 13.6. The van der Waals surface area contributed by atoms with Crippen molar-refractivity contribution in [2.24, 2.45) is 5.92 Å². The highest BCUT2D eigenvalue weighted by Crippen LogP contribution is 2.34. The van der Waals surface area contributed by atoms with Crippen LogP contribution in [0.1, 0.15) is 38.5 Å². The summed E-state index contributed by atoms with van der Waals surface area (Å²) in [6, 6.07) is -0.515. The highest BCUT2D eigenvalue weighted by molar-refractivity contribution is 6.06. The van der Waals surface area contributed by atoms with Gasteiger partial charge in [0.05, 0.1) is 0 Å². The predicted molar refractivity (Wildman–Crippen MR) is 105 cm³/mol. The van der Waals surface area contributed by atoms with Crippen molar-refractivity contribution in [3.05, 3.63) is 23.3 Å². The number of rotatable bonds is 5. The first-order valence-corrected chi connectivity index (χ1v) is 10.6. The Balaban J connectivity index is 1.28. The lowest BCUT2D eigenvalue weighted by molar-refractivity contribution is -0.142. The molecular formula is C21H30N4O3. The number of allylic oxidation sites excluding steroid dienone is 1. The molecule has 0 aromatic rings. The van der Waals surface area contributed by atoms with Crippen LogP contribution in [0.4, 0.5) is 0 Å². The van der Waals surface area contributed by atoms with Crippen molar-refractivity contribution in [3.8, 4) is 0 Å². The van der Waals surface area contributed by atoms with Crippen molar-refractivity contribution in [1.82, 2.24) is 20.4 Å². The number of piperidine rings is 1. The topological polar surface area (TPSA) is 81.8 Å². The molecule has 2 N–H and O–H groups in total. The van der Waals surface area contributed by atoms with E-state index in [0.717, 1.165) is 50.2 Å². The normalized spacial score (nSPS) is 29.1. The Bertz CT molecular complexity index is 706. The summed E-state index contributed by atoms with van der Waals surface area (Å²) in [5.74, 6) is -0.169. The number of hydrogen-bond acceptors (Lipinski definition) is 5. The Morgan fingerprint density at radius 3 is 2.89 bits per heavy atom. The lowest BCUT2D eigenvalue weighted by Crippen LogP contribution is -2.53. The molecule has 4 aliphatic rings. The third-order valence-corrected chi connectivity index (χ3v) is 6.35. The molecular weight excluding hydrogens is 356 g/mol. The summed E-state index contributed by atoms with van der Waals surface area (Å²) in [6.07, 6.45) is 9.29. The molecule has 0 aromatic heterocycles. The summed E-state index contributed by atoms with van der Waals surface area (Å²) >= 11 is 0. The van der Waals surface area contributed by atoms with Gasteiger partial charge in [0.1, 0.15) is 6.04 Å². The van der Waals surface area contributed by atoms with E-state index in [1.165, 1.54) is 19.4 Å². The van der Waals surface area contributed by atoms with Crippen LogP contribution in [-0.4, -0.2) is 72.8 Å². The maximum absolute atomic E-state index is 12.8. The molecule has 7 heteroatoms. The highest BCUT2D eigenvalue weighted by atomic mass is 16.2. The molecule has 0 saturated carbocycles. The SMILES string of the molecule is O=C1CCC(N2CC3=C(C=CC(CCCN4CCCNCC4)C3)C2=O)C(=O)N1. The Morgan fingerprint density at radius 2 is 2.04 bits per heavy atom. The molecule has 3 aliphatic heterocycles. The molecule has 152 valence electrons. The van der Waals surface area contributed by atoms with Gasteiger partial charge in [0.2, 0.25) is 11.8 Å². The standard InChI is InChI=1S/C21H30N4O3/c26-19-7-6-18(20(27)23-19)25-14-16-13-15(4-5-17(16)21(25)28)3-1-10-24-11-2-8-22-9-12-24/h4-5,15,18,22H,1-3,6-14H2,(H,23,26,27). The minimum atomic E-state index is -0.515. The van der Waals surface area contributed by atoms with Crippen molar-refractivity contribution in [2.45, 2.75) is 44.6 Å². The van der Waals surface area contributed by atoms with Crippen LogP contribution in [0.3, 0.4) is 0 Å². The van der Waals surface area contributed by atoms with E-state index < -0.39 is 6.04 Å². The lowest BCUT2D eigenvalue weighted by Gasteiger charge is -2.29. The number of imide groups is 1. The maximum Gasteiger partial charge on any atom is 0.254 e. The van der Waals surface area contributed by atoms with Crippen LogP contribution in [0.2, 0.25) is 0 Å². The second-order valence-electron chi connectivity index (χ2n) is 8.33. The molecule has 0 bridgehead atoms. The summed E-state index contributed by atoms with van der Waals surface area (Å²) in [5, 5.41) is 5.80. The van der Waals surface area contributed by atoms with Crippen LogP contribution < -0.4 is 10.6 Å². The van der Waals surface area contributed by atoms with Gasteiger partial charge in [-0.05, 0) is 63.2 Å². The van der Waals surface area contributed by atoms with Gasteiger partial charge in [-0.1, -0.05) is 12.2 Å². The Kier molecular flexibility index (Phi) is 5.92. The van der Waals surface area contributed by atoms with Crippen LogP contribution in [0.25, 0.3) is 0 Å². The molecule has 0 radical (unpaired) electrons. The van der Waals surface area contributed by atoms with E-state index in [2.05, 4.69) is 21.6 Å². The molecule has 2 saturated heterocycles. The Labute approximate surface area is 166 Å². The fraction of sp³-hybridized carbons (Fsp3) is 0.667. The number of carbonyl (C=O) groups is 3. The van der Waals surface area contributed by atoms with Gasteiger partial charge in [0.15, 0.2) is 0 Å². The van der Waals surface area contributed by atoms with Gasteiger partial charge in [-0.3, -0.25) is 19.7 Å². The number of amides is 3. The average molecular weight is 386 g/mol. The minimum absolute atomic E-state index is 0.0590. The molecule has 0 spiro atoms. The van der Waals surface area contributed by atoms with Gasteiger partial charge in [-0.15, -0.1) is 0 Å². The summed E-state index contributed by atoms with van der Waals surface area (Å²) in [5.41, 5.74) is 1.92. The van der Waals surface area contributed by atoms with E-state index >= 15 is 0 Å². The predicted octanol–water partition coefficient (Wildman–Crippen LogP) is 0.582. The minimum Gasteiger partial charge on any atom is -0.323 e. The van der Waals surface area contributed by atoms with Gasteiger partial charge in [-0.2, -0.15) is 0 Å². The van der Waals surface area contributed by atoms with Crippen LogP contribution in [0, 0.1) is 5.92 Å². The molecule has 28 heavy (non-hydrogen) atoms. The number of nitrogens with one attached hydrogen (secondary N) is 2. The van der Waals surface area contributed by atoms with Crippen LogP contribution >= 0.6 is 0 Å². The van der Waals surface area contributed by atoms with Crippen molar-refractivity contribution in [1.29, 1.82) is 0 Å². The van der Waals surface area contributed by atoms with Crippen LogP contribution in [0.5, 0.6) is 0 Å². The van der Waals surface area contributed by atoms with Gasteiger partial charge in [0, 0.05) is 31.6 Å². The summed E-state index contributed by atoms with van der Waals surface area (Å²) in [4.78, 5) is 40.5. The van der Waals surface area contributed by atoms with E-state index in [4.69, 9.17) is 0 Å². The maximum atomic E-state index is 12.8. The van der Waals surface area contributed by atoms with Crippen LogP contribution in [0.15, 0.2) is 23.3 Å². The summed E-state index contributed by atoms with van der Waals surface area (Å²) < 4.78 is 0. The average Bonchev–Trinajstić information content (AvgIpc) is 2.84. The third-order valence-electron chi connectivity index (χ3n) is 6.35. The second-order valence-corrected chi connectivity index (χ2v) is 8.33. The van der Waals surface area contributed by atoms with Gasteiger partial charge in [-0.25, -0.2) is 0 Å². The first-order valence-electron chi connectivity index (χ1n) is 10.6. The highest BCUT2D eigenvalue weighted by Gasteiger charge is 2.40. The zero-order valence-corrected chi connectivity index (χ0v) is 16.4. The van der Waals surface area contributed by atoms with Crippen LogP contribution in [-0.2, 0) is 14.4 Å². The van der Waals surface area contributed by atoms with E-state index in [1.54, 1.807) is 4.90 Å². The number of hydrogen-bond donors (Lipinski definition) is 2. The van der Waals surface area contributed by atoms with Crippen molar-refractivity contribution >= 4 is 17.7 Å². The quantitative estimate of drug-likeness (QED) is 0.676. The Morgan fingerprint density at radius 1 is 1.14 bits per heavy atom. The summed E-state index contributed by atoms with van der Waals surface area (Å²) in [7, 11) is 0. The molecule has 4 rings (SSSR count). The zero-order chi connectivity index (χ0) is 19.5. The monoisotopic (exact) mass is 386 g/mol. The van der Waals surface area contributed by atoms with E-state index in [-0.39, 0.29) is 17.7 Å². The fourth-order valence-corrected chi connectivity index (χ4v) is 4.78. The molecule has 3 heterocycles. The molecule has 2 atom stereocenters. The number of carbonyl (C=O) groups excluding carboxylic acids is 3. The number of nitrogens with zero attached hydrogens (tertiary/aromatic N) is 2. The van der Waals surface area contributed by atoms with Crippen molar-refractivity contribution in [3.63, 3.8) is 0 Å². The van der Waals surface area contributed by atoms with Gasteiger partial charge >= 0.3 is 0 Å². The molecule has 7 nitrogen and oxygen atoms in total. The smallest absolute Gasteiger partial charge is 0.254 e. The molecule has 3 amide bonds. The molecule has 1 aliphatic carbocycles. The van der Waals surface area contributed by atoms with Crippen molar-refractivity contribution < 1.29 is 14.4 Å². The third kappa shape index (κ3) is 4.20. The van der Waals surface area contributed by atoms with Crippen molar-refractivity contribution in [2.75, 3.05) is 39.3 Å². The molecule has 2 fully saturated rings. The van der Waals surface area contributed by atoms with E-state index in [0.29, 0.717) is 25.3 Å². The lowest BCUT2D eigenvalue weighted by atomic mass is 9.88. The summed E-state index contributed by atoms with van der Waals surface area (Å²) in [6.45, 7) is 6.18. The first kappa shape index (κ1) is 19.3. The molecule has 0 aromatic carbocycles. The van der Waals surface area contributed by atoms with E-state index in [1.807, 2.05) is 6.08 Å². The zero-order valence-electron chi connectivity index (χ0n) is 16.4. The van der Waals surface area contributed by atoms with Gasteiger partial charge < -0.3 is 15.1 Å². The largest absolute Gasteiger partial charge is 0.323 e. The van der Waals surface area contributed by atoms with Gasteiger partial charge in [0.25, 0.3) is 5.91 Å². The Hall–Kier alpha value is -1.99.